The van der Waals surface area contributed by atoms with Crippen LogP contribution in [-0.2, 0) is 11.8 Å². The van der Waals surface area contributed by atoms with Crippen LogP contribution in [0.2, 0.25) is 0 Å². The minimum atomic E-state index is 0.0828. The second-order valence-corrected chi connectivity index (χ2v) is 26.9. The predicted octanol–water partition coefficient (Wildman–Crippen LogP) is 21.6. The summed E-state index contributed by atoms with van der Waals surface area (Å²) >= 11 is 0. The van der Waals surface area contributed by atoms with Crippen molar-refractivity contribution >= 4 is 49.2 Å². The first kappa shape index (κ1) is 47.9. The van der Waals surface area contributed by atoms with Crippen molar-refractivity contribution in [2.75, 3.05) is 0 Å². The van der Waals surface area contributed by atoms with Gasteiger partial charge in [-0.2, -0.15) is 0 Å². The third kappa shape index (κ3) is 7.28. The van der Waals surface area contributed by atoms with Crippen LogP contribution in [-0.4, -0.2) is 0 Å². The van der Waals surface area contributed by atoms with Gasteiger partial charge in [-0.05, 0) is 245 Å². The van der Waals surface area contributed by atoms with Crippen LogP contribution in [0.15, 0.2) is 164 Å². The largest absolute Gasteiger partial charge is 0.0836 e. The van der Waals surface area contributed by atoms with Gasteiger partial charge in [0, 0.05) is 5.41 Å². The van der Waals surface area contributed by atoms with Gasteiger partial charge in [0.2, 0.25) is 0 Å². The van der Waals surface area contributed by atoms with Crippen LogP contribution in [0.25, 0.3) is 93.7 Å². The molecule has 0 amide bonds. The summed E-state index contributed by atoms with van der Waals surface area (Å²) in [6, 6.07) is 61.8. The molecular formula is C77H78. The highest BCUT2D eigenvalue weighted by Gasteiger charge is 2.62. The summed E-state index contributed by atoms with van der Waals surface area (Å²) in [6.45, 7) is 13.0. The predicted molar refractivity (Wildman–Crippen MR) is 329 cm³/mol. The molecule has 0 saturated heterocycles. The first-order valence-corrected chi connectivity index (χ1v) is 30.6. The van der Waals surface area contributed by atoms with E-state index in [9.17, 15) is 0 Å². The molecule has 4 saturated carbocycles. The Labute approximate surface area is 459 Å². The van der Waals surface area contributed by atoms with E-state index in [1.54, 1.807) is 11.1 Å². The Hall–Kier alpha value is -6.24. The molecule has 1 spiro atoms. The minimum Gasteiger partial charge on any atom is -0.0836 e. The van der Waals surface area contributed by atoms with E-state index in [4.69, 9.17) is 0 Å². The molecule has 0 bridgehead atoms. The van der Waals surface area contributed by atoms with E-state index in [-0.39, 0.29) is 5.41 Å². The first-order chi connectivity index (χ1) is 37.6. The Morgan fingerprint density at radius 2 is 1.18 bits per heavy atom. The van der Waals surface area contributed by atoms with E-state index in [2.05, 4.69) is 204 Å². The molecule has 0 heteroatoms. The number of aryl methyl sites for hydroxylation is 1. The quantitative estimate of drug-likeness (QED) is 0.105. The van der Waals surface area contributed by atoms with E-state index in [0.717, 1.165) is 54.3 Å². The van der Waals surface area contributed by atoms with E-state index >= 15 is 0 Å². The van der Waals surface area contributed by atoms with Crippen LogP contribution in [0.4, 0.5) is 0 Å². The van der Waals surface area contributed by atoms with Crippen molar-refractivity contribution in [3.8, 4) is 44.5 Å². The highest BCUT2D eigenvalue weighted by atomic mass is 14.7. The van der Waals surface area contributed by atoms with Crippen molar-refractivity contribution in [1.29, 1.82) is 0 Å². The summed E-state index contributed by atoms with van der Waals surface area (Å²) in [7, 11) is 0. The molecule has 0 aliphatic heterocycles. The van der Waals surface area contributed by atoms with Crippen LogP contribution in [0.1, 0.15) is 140 Å². The third-order valence-corrected chi connectivity index (χ3v) is 22.9. The Kier molecular flexibility index (Phi) is 11.3. The lowest BCUT2D eigenvalue weighted by molar-refractivity contribution is -0.121. The molecule has 77 heavy (non-hydrogen) atoms. The Morgan fingerprint density at radius 1 is 0.494 bits per heavy atom. The lowest BCUT2D eigenvalue weighted by atomic mass is 9.42. The molecule has 0 radical (unpaired) electrons. The monoisotopic (exact) mass is 1000 g/mol. The molecule has 15 rings (SSSR count). The Balaban J connectivity index is 0.754. The minimum absolute atomic E-state index is 0.0828. The highest BCUT2D eigenvalue weighted by molar-refractivity contribution is 6.25. The molecule has 9 unspecified atom stereocenters. The number of allylic oxidation sites excluding steroid dienone is 1. The van der Waals surface area contributed by atoms with Crippen molar-refractivity contribution < 1.29 is 0 Å². The maximum Gasteiger partial charge on any atom is 0.0218 e. The van der Waals surface area contributed by atoms with Gasteiger partial charge in [0.25, 0.3) is 0 Å². The molecule has 0 aromatic heterocycles. The fourth-order valence-electron chi connectivity index (χ4n) is 19.2. The van der Waals surface area contributed by atoms with Crippen LogP contribution < -0.4 is 0 Å². The number of benzene rings is 9. The van der Waals surface area contributed by atoms with Crippen molar-refractivity contribution in [3.63, 3.8) is 0 Å². The van der Waals surface area contributed by atoms with Crippen molar-refractivity contribution in [3.05, 3.63) is 186 Å². The molecule has 9 aromatic rings. The average Bonchev–Trinajstić information content (AvgIpc) is 4.01. The summed E-state index contributed by atoms with van der Waals surface area (Å²) in [4.78, 5) is 0. The standard InChI is InChI=1S/C77H78/c1-48(2)16-14-17-49(3)68-38-39-69-66-37-34-56-47-77(43-42-75(56,4)70(66)40-41-76(68,69)5)71-27-13-12-20-59(71)60-36-32-54(46-72(60)77)50-28-30-51(31-29-50)73-62-21-8-10-23-64(62)74(65-24-11-9-22-63(65)73)61-26-15-25-57-58(61)35-33-55-44-52-18-6-7-19-53(52)45-67(55)57/h7-13,15,19-33,35-36,44-46,48-49,56,66,68-70H,6,14,16-18,34,37-43,47H2,1-5H3. The van der Waals surface area contributed by atoms with Gasteiger partial charge in [-0.3, -0.25) is 0 Å². The molecule has 6 aliphatic rings. The maximum atomic E-state index is 2.80. The van der Waals surface area contributed by atoms with E-state index in [1.807, 2.05) is 0 Å². The third-order valence-electron chi connectivity index (χ3n) is 22.9. The second-order valence-electron chi connectivity index (χ2n) is 26.9. The number of hydrogen-bond acceptors (Lipinski definition) is 0. The molecule has 0 heterocycles. The Morgan fingerprint density at radius 3 is 1.97 bits per heavy atom. The van der Waals surface area contributed by atoms with Crippen LogP contribution in [0, 0.1) is 52.3 Å². The number of rotatable bonds is 8. The van der Waals surface area contributed by atoms with Gasteiger partial charge >= 0.3 is 0 Å². The van der Waals surface area contributed by atoms with Crippen molar-refractivity contribution in [1.82, 2.24) is 0 Å². The van der Waals surface area contributed by atoms with Gasteiger partial charge in [-0.25, -0.2) is 0 Å². The molecular weight excluding hydrogens is 925 g/mol. The van der Waals surface area contributed by atoms with Gasteiger partial charge in [0.15, 0.2) is 0 Å². The SMILES string of the molecule is CC(C)CCCC(C)C1CCC2C3CCC4CC5(CCC4(C)C3CCC12C)c1ccccc1-c1ccc(-c2ccc(-c3c4ccccc4c(-c4cccc6c4ccc4cc7c(cc46)C=CCC7)c4ccccc34)cc2)cc15. The molecule has 4 fully saturated rings. The average molecular weight is 1000 g/mol. The highest BCUT2D eigenvalue weighted by Crippen LogP contribution is 2.71. The van der Waals surface area contributed by atoms with E-state index in [0.29, 0.717) is 10.8 Å². The van der Waals surface area contributed by atoms with E-state index < -0.39 is 0 Å². The lowest BCUT2D eigenvalue weighted by Gasteiger charge is -2.63. The first-order valence-electron chi connectivity index (χ1n) is 30.6. The fourth-order valence-corrected chi connectivity index (χ4v) is 19.2. The molecule has 9 atom stereocenters. The summed E-state index contributed by atoms with van der Waals surface area (Å²) < 4.78 is 0. The van der Waals surface area contributed by atoms with Crippen LogP contribution in [0.3, 0.4) is 0 Å². The van der Waals surface area contributed by atoms with Gasteiger partial charge in [0.1, 0.15) is 0 Å². The molecule has 6 aliphatic carbocycles. The molecule has 9 aromatic carbocycles. The molecule has 0 N–H and O–H groups in total. The van der Waals surface area contributed by atoms with Crippen LogP contribution >= 0.6 is 0 Å². The summed E-state index contributed by atoms with van der Waals surface area (Å²) in [5, 5.41) is 10.5. The van der Waals surface area contributed by atoms with Gasteiger partial charge in [0.05, 0.1) is 0 Å². The van der Waals surface area contributed by atoms with Crippen molar-refractivity contribution in [2.24, 2.45) is 52.3 Å². The van der Waals surface area contributed by atoms with E-state index in [1.165, 1.54) is 176 Å². The maximum absolute atomic E-state index is 2.80. The topological polar surface area (TPSA) is 0 Å². The molecule has 0 nitrogen and oxygen atoms in total. The smallest absolute Gasteiger partial charge is 0.0218 e. The normalized spacial score (nSPS) is 27.4. The molecule has 386 valence electrons. The number of hydrogen-bond donors (Lipinski definition) is 0. The zero-order chi connectivity index (χ0) is 51.8. The van der Waals surface area contributed by atoms with Crippen molar-refractivity contribution in [2.45, 2.75) is 130 Å². The number of fused-ring (bicyclic) bond motifs is 16. The zero-order valence-corrected chi connectivity index (χ0v) is 46.6. The van der Waals surface area contributed by atoms with Gasteiger partial charge in [-0.15, -0.1) is 0 Å². The lowest BCUT2D eigenvalue weighted by Crippen LogP contribution is -2.55. The summed E-state index contributed by atoms with van der Waals surface area (Å²) in [5.74, 6) is 6.15. The van der Waals surface area contributed by atoms with Crippen LogP contribution in [0.5, 0.6) is 0 Å². The van der Waals surface area contributed by atoms with Gasteiger partial charge < -0.3 is 0 Å². The fraction of sp³-hybridized carbons (Fsp3) is 0.377. The Bertz CT molecular complexity index is 3790. The summed E-state index contributed by atoms with van der Waals surface area (Å²) in [5.41, 5.74) is 18.0. The summed E-state index contributed by atoms with van der Waals surface area (Å²) in [6.07, 6.45) is 23.9. The zero-order valence-electron chi connectivity index (χ0n) is 46.6. The second kappa shape index (κ2) is 18.2. The van der Waals surface area contributed by atoms with Gasteiger partial charge in [-0.1, -0.05) is 212 Å².